The summed E-state index contributed by atoms with van der Waals surface area (Å²) in [7, 11) is 1.50. The Morgan fingerprint density at radius 3 is 2.67 bits per heavy atom. The SMILES string of the molecule is COCOc1cccc(CO)c1C1(C(=O)O)CC1. The number of carbonyl (C=O) groups is 1. The molecular formula is C13H16O5. The van der Waals surface area contributed by atoms with Crippen molar-refractivity contribution in [3.8, 4) is 5.75 Å². The van der Waals surface area contributed by atoms with E-state index in [2.05, 4.69) is 0 Å². The van der Waals surface area contributed by atoms with Crippen molar-refractivity contribution in [2.45, 2.75) is 24.9 Å². The number of rotatable bonds is 6. The third kappa shape index (κ3) is 2.07. The van der Waals surface area contributed by atoms with Crippen molar-refractivity contribution in [2.24, 2.45) is 0 Å². The van der Waals surface area contributed by atoms with Crippen LogP contribution in [0.1, 0.15) is 24.0 Å². The van der Waals surface area contributed by atoms with Gasteiger partial charge in [0.05, 0.1) is 12.0 Å². The van der Waals surface area contributed by atoms with Gasteiger partial charge in [0.1, 0.15) is 5.75 Å². The topological polar surface area (TPSA) is 76.0 Å². The van der Waals surface area contributed by atoms with Gasteiger partial charge in [0, 0.05) is 12.7 Å². The van der Waals surface area contributed by atoms with E-state index >= 15 is 0 Å². The molecule has 0 heterocycles. The van der Waals surface area contributed by atoms with Gasteiger partial charge < -0.3 is 19.7 Å². The number of hydrogen-bond donors (Lipinski definition) is 2. The van der Waals surface area contributed by atoms with Gasteiger partial charge in [0.25, 0.3) is 0 Å². The van der Waals surface area contributed by atoms with Crippen LogP contribution >= 0.6 is 0 Å². The number of ether oxygens (including phenoxy) is 2. The van der Waals surface area contributed by atoms with Crippen molar-refractivity contribution in [3.05, 3.63) is 29.3 Å². The van der Waals surface area contributed by atoms with E-state index in [1.807, 2.05) is 0 Å². The van der Waals surface area contributed by atoms with Gasteiger partial charge >= 0.3 is 5.97 Å². The summed E-state index contributed by atoms with van der Waals surface area (Å²) in [5.41, 5.74) is 0.281. The minimum atomic E-state index is -0.900. The van der Waals surface area contributed by atoms with Crippen molar-refractivity contribution in [1.29, 1.82) is 0 Å². The first-order chi connectivity index (χ1) is 8.65. The Bertz CT molecular complexity index is 451. The molecule has 0 spiro atoms. The zero-order chi connectivity index (χ0) is 13.2. The summed E-state index contributed by atoms with van der Waals surface area (Å²) in [6, 6.07) is 5.16. The normalized spacial score (nSPS) is 16.3. The maximum Gasteiger partial charge on any atom is 0.314 e. The zero-order valence-electron chi connectivity index (χ0n) is 10.2. The number of benzene rings is 1. The van der Waals surface area contributed by atoms with Gasteiger partial charge in [0.2, 0.25) is 0 Å². The van der Waals surface area contributed by atoms with Gasteiger partial charge in [-0.05, 0) is 24.5 Å². The fourth-order valence-corrected chi connectivity index (χ4v) is 2.19. The molecule has 1 aliphatic rings. The van der Waals surface area contributed by atoms with Crippen LogP contribution in [0.4, 0.5) is 0 Å². The van der Waals surface area contributed by atoms with Gasteiger partial charge in [-0.15, -0.1) is 0 Å². The summed E-state index contributed by atoms with van der Waals surface area (Å²) < 4.78 is 10.2. The average Bonchev–Trinajstić information content (AvgIpc) is 3.17. The molecule has 5 nitrogen and oxygen atoms in total. The van der Waals surface area contributed by atoms with Crippen LogP contribution in [-0.4, -0.2) is 30.1 Å². The standard InChI is InChI=1S/C13H16O5/c1-17-8-18-10-4-2-3-9(7-14)11(10)13(5-6-13)12(15)16/h2-4,14H,5-8H2,1H3,(H,15,16). The molecule has 0 radical (unpaired) electrons. The van der Waals surface area contributed by atoms with Crippen molar-refractivity contribution in [1.82, 2.24) is 0 Å². The van der Waals surface area contributed by atoms with Gasteiger partial charge in [-0.25, -0.2) is 0 Å². The van der Waals surface area contributed by atoms with Crippen LogP contribution in [0.25, 0.3) is 0 Å². The lowest BCUT2D eigenvalue weighted by Gasteiger charge is -2.19. The lowest BCUT2D eigenvalue weighted by atomic mass is 9.90. The molecule has 98 valence electrons. The molecule has 0 amide bonds. The number of hydrogen-bond acceptors (Lipinski definition) is 4. The Morgan fingerprint density at radius 2 is 2.17 bits per heavy atom. The number of carboxylic acids is 1. The lowest BCUT2D eigenvalue weighted by Crippen LogP contribution is -2.22. The lowest BCUT2D eigenvalue weighted by molar-refractivity contribution is -0.140. The van der Waals surface area contributed by atoms with E-state index < -0.39 is 11.4 Å². The third-order valence-corrected chi connectivity index (χ3v) is 3.25. The van der Waals surface area contributed by atoms with Gasteiger partial charge in [-0.1, -0.05) is 12.1 Å². The molecule has 0 atom stereocenters. The Kier molecular flexibility index (Phi) is 3.54. The molecule has 2 rings (SSSR count). The van der Waals surface area contributed by atoms with Crippen LogP contribution in [0.15, 0.2) is 18.2 Å². The summed E-state index contributed by atoms with van der Waals surface area (Å²) in [5.74, 6) is -0.394. The van der Waals surface area contributed by atoms with Crippen LogP contribution in [0, 0.1) is 0 Å². The highest BCUT2D eigenvalue weighted by molar-refractivity contribution is 5.86. The van der Waals surface area contributed by atoms with Crippen LogP contribution in [0.5, 0.6) is 5.75 Å². The molecule has 2 N–H and O–H groups in total. The van der Waals surface area contributed by atoms with Gasteiger partial charge in [0.15, 0.2) is 6.79 Å². The maximum atomic E-state index is 11.4. The Hall–Kier alpha value is -1.59. The maximum absolute atomic E-state index is 11.4. The van der Waals surface area contributed by atoms with Crippen molar-refractivity contribution in [2.75, 3.05) is 13.9 Å². The summed E-state index contributed by atoms with van der Waals surface area (Å²) >= 11 is 0. The molecular weight excluding hydrogens is 236 g/mol. The summed E-state index contributed by atoms with van der Waals surface area (Å²) in [4.78, 5) is 11.4. The monoisotopic (exact) mass is 252 g/mol. The Balaban J connectivity index is 2.45. The predicted molar refractivity (Wildman–Crippen MR) is 63.4 cm³/mol. The molecule has 0 bridgehead atoms. The zero-order valence-corrected chi connectivity index (χ0v) is 10.2. The van der Waals surface area contributed by atoms with E-state index in [1.54, 1.807) is 18.2 Å². The van der Waals surface area contributed by atoms with E-state index in [0.29, 0.717) is 29.7 Å². The molecule has 1 aliphatic carbocycles. The largest absolute Gasteiger partial charge is 0.481 e. The van der Waals surface area contributed by atoms with E-state index in [-0.39, 0.29) is 13.4 Å². The van der Waals surface area contributed by atoms with E-state index in [0.717, 1.165) is 0 Å². The molecule has 1 fully saturated rings. The number of methoxy groups -OCH3 is 1. The second-order valence-corrected chi connectivity index (χ2v) is 4.39. The molecule has 18 heavy (non-hydrogen) atoms. The van der Waals surface area contributed by atoms with Gasteiger partial charge in [-0.2, -0.15) is 0 Å². The van der Waals surface area contributed by atoms with Crippen LogP contribution in [0.3, 0.4) is 0 Å². The smallest absolute Gasteiger partial charge is 0.314 e. The van der Waals surface area contributed by atoms with Crippen molar-refractivity contribution < 1.29 is 24.5 Å². The van der Waals surface area contributed by atoms with Crippen molar-refractivity contribution >= 4 is 5.97 Å². The molecule has 1 aromatic carbocycles. The average molecular weight is 252 g/mol. The van der Waals surface area contributed by atoms with Crippen molar-refractivity contribution in [3.63, 3.8) is 0 Å². The summed E-state index contributed by atoms with van der Waals surface area (Å²) in [6.07, 6.45) is 1.14. The molecule has 0 aromatic heterocycles. The van der Waals surface area contributed by atoms with Crippen LogP contribution in [0.2, 0.25) is 0 Å². The summed E-state index contributed by atoms with van der Waals surface area (Å²) in [6.45, 7) is -0.147. The molecule has 0 aliphatic heterocycles. The minimum Gasteiger partial charge on any atom is -0.481 e. The Labute approximate surface area is 105 Å². The second-order valence-electron chi connectivity index (χ2n) is 4.39. The first-order valence-corrected chi connectivity index (χ1v) is 5.74. The number of aliphatic carboxylic acids is 1. The quantitative estimate of drug-likeness (QED) is 0.746. The third-order valence-electron chi connectivity index (χ3n) is 3.25. The fraction of sp³-hybridized carbons (Fsp3) is 0.462. The second kappa shape index (κ2) is 4.96. The highest BCUT2D eigenvalue weighted by Gasteiger charge is 2.54. The van der Waals surface area contributed by atoms with E-state index in [9.17, 15) is 15.0 Å². The Morgan fingerprint density at radius 1 is 1.44 bits per heavy atom. The minimum absolute atomic E-state index is 0.0532. The number of aliphatic hydroxyl groups excluding tert-OH is 1. The van der Waals surface area contributed by atoms with E-state index in [1.165, 1.54) is 7.11 Å². The predicted octanol–water partition coefficient (Wildman–Crippen LogP) is 1.28. The molecule has 0 unspecified atom stereocenters. The fourth-order valence-electron chi connectivity index (χ4n) is 2.19. The highest BCUT2D eigenvalue weighted by Crippen LogP contribution is 2.52. The molecule has 5 heteroatoms. The summed E-state index contributed by atoms with van der Waals surface area (Å²) in [5, 5.41) is 18.7. The number of aliphatic hydroxyl groups is 1. The first-order valence-electron chi connectivity index (χ1n) is 5.74. The van der Waals surface area contributed by atoms with Crippen LogP contribution in [-0.2, 0) is 21.6 Å². The number of carboxylic acid groups (broad SMARTS) is 1. The van der Waals surface area contributed by atoms with Gasteiger partial charge in [-0.3, -0.25) is 4.79 Å². The van der Waals surface area contributed by atoms with E-state index in [4.69, 9.17) is 9.47 Å². The molecule has 1 saturated carbocycles. The molecule has 0 saturated heterocycles. The molecule has 1 aromatic rings. The first kappa shape index (κ1) is 12.9. The van der Waals surface area contributed by atoms with Crippen LogP contribution < -0.4 is 4.74 Å². The highest BCUT2D eigenvalue weighted by atomic mass is 16.7.